The minimum atomic E-state index is -0.674. The number of rotatable bonds is 5. The molecule has 0 radical (unpaired) electrons. The van der Waals surface area contributed by atoms with Crippen molar-refractivity contribution in [1.29, 1.82) is 0 Å². The molecule has 7 heteroatoms. The van der Waals surface area contributed by atoms with Crippen molar-refractivity contribution in [2.45, 2.75) is 26.4 Å². The largest absolute Gasteiger partial charge is 0.467 e. The highest BCUT2D eigenvalue weighted by molar-refractivity contribution is 5.96. The number of nitrogens with two attached hydrogens (primary N) is 1. The van der Waals surface area contributed by atoms with Gasteiger partial charge in [0.2, 0.25) is 0 Å². The van der Waals surface area contributed by atoms with Gasteiger partial charge in [-0.1, -0.05) is 13.8 Å². The molecule has 0 fully saturated rings. The zero-order chi connectivity index (χ0) is 14.4. The minimum absolute atomic E-state index is 0. The van der Waals surface area contributed by atoms with E-state index in [4.69, 9.17) is 5.73 Å². The molecule has 1 heterocycles. The van der Waals surface area contributed by atoms with E-state index in [2.05, 4.69) is 15.0 Å². The predicted molar refractivity (Wildman–Crippen MR) is 77.5 cm³/mol. The Labute approximate surface area is 124 Å². The SMILES string of the molecule is COC(=O)C(NC(=O)c1ccnc(CN)c1)C(C)C.Cl. The number of carbonyl (C=O) groups is 2. The first-order chi connectivity index (χ1) is 8.99. The number of hydrogen-bond donors (Lipinski definition) is 2. The molecule has 0 saturated carbocycles. The van der Waals surface area contributed by atoms with Crippen molar-refractivity contribution in [3.63, 3.8) is 0 Å². The molecular weight excluding hydrogens is 282 g/mol. The number of amides is 1. The molecular formula is C13H20ClN3O3. The second-order valence-corrected chi connectivity index (χ2v) is 4.46. The van der Waals surface area contributed by atoms with E-state index in [1.54, 1.807) is 12.1 Å². The van der Waals surface area contributed by atoms with Crippen molar-refractivity contribution >= 4 is 24.3 Å². The van der Waals surface area contributed by atoms with Gasteiger partial charge in [-0.2, -0.15) is 0 Å². The number of aromatic nitrogens is 1. The monoisotopic (exact) mass is 301 g/mol. The summed E-state index contributed by atoms with van der Waals surface area (Å²) in [4.78, 5) is 27.6. The van der Waals surface area contributed by atoms with Crippen molar-refractivity contribution in [3.8, 4) is 0 Å². The average molecular weight is 302 g/mol. The Morgan fingerprint density at radius 1 is 1.45 bits per heavy atom. The maximum absolute atomic E-state index is 12.1. The van der Waals surface area contributed by atoms with E-state index in [-0.39, 0.29) is 30.8 Å². The zero-order valence-corrected chi connectivity index (χ0v) is 12.6. The lowest BCUT2D eigenvalue weighted by atomic mass is 10.0. The van der Waals surface area contributed by atoms with Crippen LogP contribution < -0.4 is 11.1 Å². The molecule has 1 aromatic rings. The summed E-state index contributed by atoms with van der Waals surface area (Å²) in [6.07, 6.45) is 1.51. The quantitative estimate of drug-likeness (QED) is 0.788. The highest BCUT2D eigenvalue weighted by atomic mass is 35.5. The zero-order valence-electron chi connectivity index (χ0n) is 11.8. The maximum Gasteiger partial charge on any atom is 0.328 e. The summed E-state index contributed by atoms with van der Waals surface area (Å²) in [6.45, 7) is 3.92. The first kappa shape index (κ1) is 18.3. The lowest BCUT2D eigenvalue weighted by Crippen LogP contribution is -2.45. The molecule has 0 aliphatic heterocycles. The Hall–Kier alpha value is -1.66. The molecule has 0 saturated heterocycles. The third-order valence-corrected chi connectivity index (χ3v) is 2.70. The maximum atomic E-state index is 12.1. The van der Waals surface area contributed by atoms with Gasteiger partial charge in [0.15, 0.2) is 0 Å². The number of esters is 1. The second kappa shape index (κ2) is 8.50. The van der Waals surface area contributed by atoms with E-state index in [1.807, 2.05) is 13.8 Å². The van der Waals surface area contributed by atoms with Crippen LogP contribution in [0.1, 0.15) is 29.9 Å². The molecule has 0 bridgehead atoms. The standard InChI is InChI=1S/C13H19N3O3.ClH/c1-8(2)11(13(18)19-3)16-12(17)9-4-5-15-10(6-9)7-14;/h4-6,8,11H,7,14H2,1-3H3,(H,16,17);1H. The molecule has 0 spiro atoms. The van der Waals surface area contributed by atoms with Crippen LogP contribution in [0.4, 0.5) is 0 Å². The van der Waals surface area contributed by atoms with Gasteiger partial charge in [-0.05, 0) is 18.1 Å². The van der Waals surface area contributed by atoms with Gasteiger partial charge in [-0.25, -0.2) is 4.79 Å². The topological polar surface area (TPSA) is 94.3 Å². The molecule has 1 rings (SSSR count). The fraction of sp³-hybridized carbons (Fsp3) is 0.462. The lowest BCUT2D eigenvalue weighted by Gasteiger charge is -2.19. The molecule has 1 unspecified atom stereocenters. The normalized spacial score (nSPS) is 11.4. The van der Waals surface area contributed by atoms with Crippen LogP contribution in [0.5, 0.6) is 0 Å². The number of hydrogen-bond acceptors (Lipinski definition) is 5. The van der Waals surface area contributed by atoms with E-state index in [0.29, 0.717) is 11.3 Å². The van der Waals surface area contributed by atoms with Gasteiger partial charge in [0.25, 0.3) is 5.91 Å². The van der Waals surface area contributed by atoms with E-state index < -0.39 is 12.0 Å². The van der Waals surface area contributed by atoms with Gasteiger partial charge in [-0.15, -0.1) is 12.4 Å². The second-order valence-electron chi connectivity index (χ2n) is 4.46. The van der Waals surface area contributed by atoms with Crippen LogP contribution >= 0.6 is 12.4 Å². The third kappa shape index (κ3) is 4.79. The van der Waals surface area contributed by atoms with Crippen LogP contribution in [0.15, 0.2) is 18.3 Å². The van der Waals surface area contributed by atoms with Gasteiger partial charge < -0.3 is 15.8 Å². The molecule has 0 aromatic carbocycles. The molecule has 1 amide bonds. The number of ether oxygens (including phenoxy) is 1. The van der Waals surface area contributed by atoms with E-state index >= 15 is 0 Å². The first-order valence-corrected chi connectivity index (χ1v) is 6.03. The van der Waals surface area contributed by atoms with Gasteiger partial charge in [0.05, 0.1) is 12.8 Å². The molecule has 6 nitrogen and oxygen atoms in total. The van der Waals surface area contributed by atoms with Gasteiger partial charge in [0, 0.05) is 18.3 Å². The fourth-order valence-electron chi connectivity index (χ4n) is 1.58. The Balaban J connectivity index is 0.00000361. The Kier molecular flexibility index (Phi) is 7.79. The number of carbonyl (C=O) groups excluding carboxylic acids is 2. The smallest absolute Gasteiger partial charge is 0.328 e. The summed E-state index contributed by atoms with van der Waals surface area (Å²) in [7, 11) is 1.29. The van der Waals surface area contributed by atoms with Crippen LogP contribution in [0.25, 0.3) is 0 Å². The summed E-state index contributed by atoms with van der Waals surface area (Å²) in [5.41, 5.74) is 6.51. The van der Waals surface area contributed by atoms with Crippen molar-refractivity contribution in [2.75, 3.05) is 7.11 Å². The number of nitrogens with zero attached hydrogens (tertiary/aromatic N) is 1. The van der Waals surface area contributed by atoms with Crippen LogP contribution in [-0.2, 0) is 16.1 Å². The summed E-state index contributed by atoms with van der Waals surface area (Å²) < 4.78 is 4.67. The summed E-state index contributed by atoms with van der Waals surface area (Å²) >= 11 is 0. The van der Waals surface area contributed by atoms with Crippen molar-refractivity contribution in [3.05, 3.63) is 29.6 Å². The molecule has 112 valence electrons. The lowest BCUT2D eigenvalue weighted by molar-refractivity contribution is -0.144. The fourth-order valence-corrected chi connectivity index (χ4v) is 1.58. The number of nitrogens with one attached hydrogen (secondary N) is 1. The molecule has 0 aliphatic rings. The van der Waals surface area contributed by atoms with Crippen LogP contribution in [-0.4, -0.2) is 30.0 Å². The van der Waals surface area contributed by atoms with E-state index in [9.17, 15) is 9.59 Å². The molecule has 1 atom stereocenters. The summed E-state index contributed by atoms with van der Waals surface area (Å²) in [5, 5.41) is 2.65. The number of pyridine rings is 1. The van der Waals surface area contributed by atoms with Gasteiger partial charge in [0.1, 0.15) is 6.04 Å². The molecule has 0 aliphatic carbocycles. The van der Waals surface area contributed by atoms with Gasteiger partial charge >= 0.3 is 5.97 Å². The van der Waals surface area contributed by atoms with Crippen LogP contribution in [0, 0.1) is 5.92 Å². The third-order valence-electron chi connectivity index (χ3n) is 2.70. The van der Waals surface area contributed by atoms with Crippen molar-refractivity contribution < 1.29 is 14.3 Å². The highest BCUT2D eigenvalue weighted by Crippen LogP contribution is 2.07. The van der Waals surface area contributed by atoms with Crippen molar-refractivity contribution in [2.24, 2.45) is 11.7 Å². The number of halogens is 1. The predicted octanol–water partition coefficient (Wildman–Crippen LogP) is 0.889. The van der Waals surface area contributed by atoms with Crippen molar-refractivity contribution in [1.82, 2.24) is 10.3 Å². The first-order valence-electron chi connectivity index (χ1n) is 6.03. The minimum Gasteiger partial charge on any atom is -0.467 e. The Bertz CT molecular complexity index is 466. The Morgan fingerprint density at radius 2 is 2.10 bits per heavy atom. The molecule has 1 aromatic heterocycles. The molecule has 20 heavy (non-hydrogen) atoms. The van der Waals surface area contributed by atoms with Crippen LogP contribution in [0.2, 0.25) is 0 Å². The van der Waals surface area contributed by atoms with Crippen LogP contribution in [0.3, 0.4) is 0 Å². The van der Waals surface area contributed by atoms with E-state index in [1.165, 1.54) is 13.3 Å². The average Bonchev–Trinajstić information content (AvgIpc) is 2.43. The number of methoxy groups -OCH3 is 1. The highest BCUT2D eigenvalue weighted by Gasteiger charge is 2.25. The summed E-state index contributed by atoms with van der Waals surface area (Å²) in [6, 6.07) is 2.50. The Morgan fingerprint density at radius 3 is 2.60 bits per heavy atom. The summed E-state index contributed by atoms with van der Waals surface area (Å²) in [5.74, 6) is -0.870. The van der Waals surface area contributed by atoms with Gasteiger partial charge in [-0.3, -0.25) is 9.78 Å². The molecule has 3 N–H and O–H groups in total. The van der Waals surface area contributed by atoms with E-state index in [0.717, 1.165) is 0 Å².